The molecule has 1 rings (SSSR count). The van der Waals surface area contributed by atoms with Crippen molar-refractivity contribution in [2.75, 3.05) is 13.1 Å². The van der Waals surface area contributed by atoms with Crippen LogP contribution in [0.3, 0.4) is 0 Å². The second kappa shape index (κ2) is 5.19. The van der Waals surface area contributed by atoms with E-state index in [2.05, 4.69) is 5.32 Å². The van der Waals surface area contributed by atoms with Gasteiger partial charge in [-0.2, -0.15) is 0 Å². The summed E-state index contributed by atoms with van der Waals surface area (Å²) in [6.45, 7) is 1.09. The van der Waals surface area contributed by atoms with E-state index in [-0.39, 0.29) is 0 Å². The van der Waals surface area contributed by atoms with Gasteiger partial charge in [0.15, 0.2) is 0 Å². The molecular formula is C9H13ClN2O. The van der Waals surface area contributed by atoms with Crippen LogP contribution < -0.4 is 11.1 Å². The van der Waals surface area contributed by atoms with Crippen molar-refractivity contribution in [1.29, 1.82) is 0 Å². The summed E-state index contributed by atoms with van der Waals surface area (Å²) >= 11 is 5.70. The summed E-state index contributed by atoms with van der Waals surface area (Å²) in [6, 6.07) is 7.03. The number of rotatable bonds is 4. The molecule has 1 aromatic carbocycles. The van der Waals surface area contributed by atoms with Crippen molar-refractivity contribution in [2.45, 2.75) is 6.23 Å². The van der Waals surface area contributed by atoms with E-state index in [0.29, 0.717) is 18.1 Å². The Morgan fingerprint density at radius 1 is 1.38 bits per heavy atom. The van der Waals surface area contributed by atoms with Crippen molar-refractivity contribution in [3.63, 3.8) is 0 Å². The largest absolute Gasteiger partial charge is 0.374 e. The zero-order valence-corrected chi connectivity index (χ0v) is 7.96. The molecule has 3 nitrogen and oxygen atoms in total. The predicted molar refractivity (Wildman–Crippen MR) is 53.5 cm³/mol. The van der Waals surface area contributed by atoms with Gasteiger partial charge in [0.2, 0.25) is 0 Å². The minimum atomic E-state index is -0.666. The molecule has 0 aromatic heterocycles. The topological polar surface area (TPSA) is 58.3 Å². The molecule has 0 aliphatic heterocycles. The highest BCUT2D eigenvalue weighted by molar-refractivity contribution is 6.30. The maximum absolute atomic E-state index is 9.53. The average Bonchev–Trinajstić information content (AvgIpc) is 2.15. The Labute approximate surface area is 82.5 Å². The molecule has 0 aliphatic carbocycles. The summed E-state index contributed by atoms with van der Waals surface area (Å²) in [4.78, 5) is 0. The number of hydrogen-bond acceptors (Lipinski definition) is 3. The molecule has 0 fully saturated rings. The summed E-state index contributed by atoms with van der Waals surface area (Å²) in [6.07, 6.45) is -0.666. The van der Waals surface area contributed by atoms with Crippen LogP contribution in [0.2, 0.25) is 5.02 Å². The summed E-state index contributed by atoms with van der Waals surface area (Å²) in [5, 5.41) is 13.1. The molecule has 0 spiro atoms. The molecule has 0 heterocycles. The van der Waals surface area contributed by atoms with Crippen LogP contribution >= 0.6 is 11.6 Å². The lowest BCUT2D eigenvalue weighted by Gasteiger charge is -2.11. The van der Waals surface area contributed by atoms with Crippen LogP contribution in [0.4, 0.5) is 0 Å². The smallest absolute Gasteiger partial charge is 0.131 e. The molecule has 1 aromatic rings. The molecule has 4 N–H and O–H groups in total. The number of benzene rings is 1. The minimum absolute atomic E-state index is 0.505. The van der Waals surface area contributed by atoms with Gasteiger partial charge in [0.1, 0.15) is 6.23 Å². The molecule has 0 saturated heterocycles. The zero-order valence-electron chi connectivity index (χ0n) is 7.20. The van der Waals surface area contributed by atoms with Crippen molar-refractivity contribution in [1.82, 2.24) is 5.32 Å². The number of hydrogen-bond donors (Lipinski definition) is 3. The van der Waals surface area contributed by atoms with Gasteiger partial charge in [-0.1, -0.05) is 23.7 Å². The maximum atomic E-state index is 9.53. The van der Waals surface area contributed by atoms with Crippen molar-refractivity contribution < 1.29 is 5.11 Å². The first-order valence-corrected chi connectivity index (χ1v) is 4.49. The molecule has 0 saturated carbocycles. The molecule has 1 unspecified atom stereocenters. The summed E-state index contributed by atoms with van der Waals surface area (Å²) < 4.78 is 0. The SMILES string of the molecule is NCCNC(O)c1ccc(Cl)cc1. The van der Waals surface area contributed by atoms with Gasteiger partial charge in [-0.05, 0) is 17.7 Å². The summed E-state index contributed by atoms with van der Waals surface area (Å²) in [5.74, 6) is 0. The second-order valence-corrected chi connectivity index (χ2v) is 3.13. The molecular weight excluding hydrogens is 188 g/mol. The van der Waals surface area contributed by atoms with Gasteiger partial charge in [0.05, 0.1) is 0 Å². The fraction of sp³-hybridized carbons (Fsp3) is 0.333. The van der Waals surface area contributed by atoms with E-state index < -0.39 is 6.23 Å². The van der Waals surface area contributed by atoms with Gasteiger partial charge in [0, 0.05) is 18.1 Å². The van der Waals surface area contributed by atoms with E-state index in [0.717, 1.165) is 5.56 Å². The second-order valence-electron chi connectivity index (χ2n) is 2.70. The van der Waals surface area contributed by atoms with Gasteiger partial charge in [-0.25, -0.2) is 0 Å². The van der Waals surface area contributed by atoms with Crippen molar-refractivity contribution in [2.24, 2.45) is 5.73 Å². The summed E-state index contributed by atoms with van der Waals surface area (Å²) in [7, 11) is 0. The Morgan fingerprint density at radius 3 is 2.54 bits per heavy atom. The third-order valence-electron chi connectivity index (χ3n) is 1.67. The number of aliphatic hydroxyl groups excluding tert-OH is 1. The highest BCUT2D eigenvalue weighted by Gasteiger charge is 2.04. The van der Waals surface area contributed by atoms with Crippen molar-refractivity contribution in [3.8, 4) is 0 Å². The molecule has 0 aliphatic rings. The van der Waals surface area contributed by atoms with Crippen LogP contribution in [0.1, 0.15) is 11.8 Å². The maximum Gasteiger partial charge on any atom is 0.131 e. The van der Waals surface area contributed by atoms with Gasteiger partial charge in [0.25, 0.3) is 0 Å². The molecule has 13 heavy (non-hydrogen) atoms. The number of halogens is 1. The van der Waals surface area contributed by atoms with Crippen LogP contribution in [0.5, 0.6) is 0 Å². The Kier molecular flexibility index (Phi) is 4.18. The first-order valence-electron chi connectivity index (χ1n) is 4.11. The number of nitrogens with one attached hydrogen (secondary N) is 1. The van der Waals surface area contributed by atoms with E-state index in [9.17, 15) is 5.11 Å². The molecule has 4 heteroatoms. The van der Waals surface area contributed by atoms with Gasteiger partial charge in [-0.15, -0.1) is 0 Å². The highest BCUT2D eigenvalue weighted by atomic mass is 35.5. The van der Waals surface area contributed by atoms with Crippen LogP contribution in [-0.4, -0.2) is 18.2 Å². The lowest BCUT2D eigenvalue weighted by atomic mass is 10.2. The monoisotopic (exact) mass is 200 g/mol. The van der Waals surface area contributed by atoms with Crippen LogP contribution in [0.15, 0.2) is 24.3 Å². The fourth-order valence-electron chi connectivity index (χ4n) is 0.983. The van der Waals surface area contributed by atoms with E-state index in [1.54, 1.807) is 24.3 Å². The molecule has 1 atom stereocenters. The molecule has 72 valence electrons. The normalized spacial score (nSPS) is 12.8. The summed E-state index contributed by atoms with van der Waals surface area (Å²) in [5.41, 5.74) is 6.07. The standard InChI is InChI=1S/C9H13ClN2O/c10-8-3-1-7(2-4-8)9(13)12-6-5-11/h1-4,9,12-13H,5-6,11H2. The van der Waals surface area contributed by atoms with Gasteiger partial charge in [-0.3, -0.25) is 5.32 Å². The van der Waals surface area contributed by atoms with E-state index in [4.69, 9.17) is 17.3 Å². The quantitative estimate of drug-likeness (QED) is 0.633. The first-order chi connectivity index (χ1) is 6.24. The van der Waals surface area contributed by atoms with Gasteiger partial charge >= 0.3 is 0 Å². The predicted octanol–water partition coefficient (Wildman–Crippen LogP) is 0.879. The number of aliphatic hydroxyl groups is 1. The molecule has 0 bridgehead atoms. The zero-order chi connectivity index (χ0) is 9.68. The highest BCUT2D eigenvalue weighted by Crippen LogP contribution is 2.13. The van der Waals surface area contributed by atoms with Gasteiger partial charge < -0.3 is 10.8 Å². The first kappa shape index (κ1) is 10.5. The third kappa shape index (κ3) is 3.32. The lowest BCUT2D eigenvalue weighted by Crippen LogP contribution is -2.26. The Morgan fingerprint density at radius 2 is 2.00 bits per heavy atom. The third-order valence-corrected chi connectivity index (χ3v) is 1.92. The molecule has 0 radical (unpaired) electrons. The molecule has 0 amide bonds. The van der Waals surface area contributed by atoms with Crippen LogP contribution in [-0.2, 0) is 0 Å². The van der Waals surface area contributed by atoms with Crippen LogP contribution in [0, 0.1) is 0 Å². The Hall–Kier alpha value is -0.610. The number of nitrogens with two attached hydrogens (primary N) is 1. The Bertz CT molecular complexity index is 250. The lowest BCUT2D eigenvalue weighted by molar-refractivity contribution is 0.140. The van der Waals surface area contributed by atoms with Crippen molar-refractivity contribution in [3.05, 3.63) is 34.9 Å². The minimum Gasteiger partial charge on any atom is -0.374 e. The Balaban J connectivity index is 2.55. The van der Waals surface area contributed by atoms with E-state index in [1.807, 2.05) is 0 Å². The van der Waals surface area contributed by atoms with E-state index in [1.165, 1.54) is 0 Å². The fourth-order valence-corrected chi connectivity index (χ4v) is 1.11. The average molecular weight is 201 g/mol. The van der Waals surface area contributed by atoms with Crippen LogP contribution in [0.25, 0.3) is 0 Å². The van der Waals surface area contributed by atoms with E-state index >= 15 is 0 Å². The van der Waals surface area contributed by atoms with Crippen molar-refractivity contribution >= 4 is 11.6 Å².